The van der Waals surface area contributed by atoms with E-state index in [9.17, 15) is 0 Å². The lowest BCUT2D eigenvalue weighted by molar-refractivity contribution is 0.181. The van der Waals surface area contributed by atoms with Crippen LogP contribution in [-0.4, -0.2) is 27.9 Å². The number of nitrogens with zero attached hydrogens (tertiary/aromatic N) is 2. The molecule has 0 radical (unpaired) electrons. The van der Waals surface area contributed by atoms with Gasteiger partial charge in [-0.2, -0.15) is 4.98 Å². The molecule has 2 N–H and O–H groups in total. The normalized spacial score (nSPS) is 24.0. The van der Waals surface area contributed by atoms with Gasteiger partial charge in [-0.05, 0) is 26.3 Å². The second kappa shape index (κ2) is 4.06. The van der Waals surface area contributed by atoms with E-state index >= 15 is 0 Å². The fraction of sp³-hybridized carbons (Fsp3) is 0.778. The van der Waals surface area contributed by atoms with Crippen molar-refractivity contribution in [1.29, 1.82) is 0 Å². The van der Waals surface area contributed by atoms with Crippen LogP contribution in [0.2, 0.25) is 0 Å². The lowest BCUT2D eigenvalue weighted by atomic mass is 10.2. The van der Waals surface area contributed by atoms with Crippen LogP contribution in [0.3, 0.4) is 0 Å². The standard InChI is InChI=1S/C9H15N3O2/c1-6(13)5-8-11-9(12-14-8)7-3-2-4-10-7/h6-7,10,13H,2-5H2,1H3. The molecule has 0 aliphatic carbocycles. The largest absolute Gasteiger partial charge is 0.393 e. The molecule has 0 aromatic carbocycles. The van der Waals surface area contributed by atoms with Gasteiger partial charge in [0.15, 0.2) is 5.82 Å². The maximum Gasteiger partial charge on any atom is 0.229 e. The molecule has 0 saturated carbocycles. The summed E-state index contributed by atoms with van der Waals surface area (Å²) in [7, 11) is 0. The Morgan fingerprint density at radius 3 is 3.21 bits per heavy atom. The van der Waals surface area contributed by atoms with Gasteiger partial charge in [0.2, 0.25) is 5.89 Å². The van der Waals surface area contributed by atoms with Gasteiger partial charge in [0, 0.05) is 0 Å². The van der Waals surface area contributed by atoms with E-state index in [1.165, 1.54) is 0 Å². The Morgan fingerprint density at radius 2 is 2.57 bits per heavy atom. The fourth-order valence-corrected chi connectivity index (χ4v) is 1.65. The molecule has 5 nitrogen and oxygen atoms in total. The summed E-state index contributed by atoms with van der Waals surface area (Å²) in [5, 5.41) is 16.3. The van der Waals surface area contributed by atoms with Gasteiger partial charge in [-0.1, -0.05) is 5.16 Å². The highest BCUT2D eigenvalue weighted by atomic mass is 16.5. The van der Waals surface area contributed by atoms with Gasteiger partial charge in [0.1, 0.15) is 0 Å². The van der Waals surface area contributed by atoms with Gasteiger partial charge >= 0.3 is 0 Å². The molecule has 2 atom stereocenters. The summed E-state index contributed by atoms with van der Waals surface area (Å²) < 4.78 is 5.03. The van der Waals surface area contributed by atoms with E-state index < -0.39 is 6.10 Å². The minimum Gasteiger partial charge on any atom is -0.393 e. The molecular formula is C9H15N3O2. The number of nitrogens with one attached hydrogen (secondary N) is 1. The van der Waals surface area contributed by atoms with Crippen molar-refractivity contribution in [3.63, 3.8) is 0 Å². The van der Waals surface area contributed by atoms with E-state index in [-0.39, 0.29) is 6.04 Å². The molecule has 2 rings (SSSR count). The molecule has 1 aromatic heterocycles. The van der Waals surface area contributed by atoms with Gasteiger partial charge in [-0.25, -0.2) is 0 Å². The first kappa shape index (κ1) is 9.61. The minimum atomic E-state index is -0.431. The van der Waals surface area contributed by atoms with Crippen molar-refractivity contribution in [1.82, 2.24) is 15.5 Å². The lowest BCUT2D eigenvalue weighted by Gasteiger charge is -2.01. The summed E-state index contributed by atoms with van der Waals surface area (Å²) in [6.07, 6.45) is 2.22. The first-order chi connectivity index (χ1) is 6.75. The highest BCUT2D eigenvalue weighted by Crippen LogP contribution is 2.20. The highest BCUT2D eigenvalue weighted by molar-refractivity contribution is 4.97. The zero-order valence-electron chi connectivity index (χ0n) is 8.23. The minimum absolute atomic E-state index is 0.237. The molecule has 1 saturated heterocycles. The molecule has 1 aromatic rings. The van der Waals surface area contributed by atoms with Gasteiger partial charge in [0.25, 0.3) is 0 Å². The number of aromatic nitrogens is 2. The van der Waals surface area contributed by atoms with Crippen molar-refractivity contribution in [2.75, 3.05) is 6.54 Å². The number of aliphatic hydroxyl groups is 1. The SMILES string of the molecule is CC(O)Cc1nc(C2CCCN2)no1. The van der Waals surface area contributed by atoms with Crippen molar-refractivity contribution in [2.45, 2.75) is 38.3 Å². The Bertz CT molecular complexity index is 292. The van der Waals surface area contributed by atoms with Crippen LogP contribution in [0.1, 0.15) is 37.5 Å². The van der Waals surface area contributed by atoms with Crippen LogP contribution < -0.4 is 5.32 Å². The van der Waals surface area contributed by atoms with E-state index in [1.54, 1.807) is 6.92 Å². The molecule has 14 heavy (non-hydrogen) atoms. The van der Waals surface area contributed by atoms with Crippen LogP contribution in [0.25, 0.3) is 0 Å². The zero-order chi connectivity index (χ0) is 9.97. The summed E-state index contributed by atoms with van der Waals surface area (Å²) in [5.41, 5.74) is 0. The topological polar surface area (TPSA) is 71.2 Å². The van der Waals surface area contributed by atoms with Crippen LogP contribution >= 0.6 is 0 Å². The number of hydrogen-bond acceptors (Lipinski definition) is 5. The number of rotatable bonds is 3. The molecular weight excluding hydrogens is 182 g/mol. The Morgan fingerprint density at radius 1 is 1.71 bits per heavy atom. The maximum absolute atomic E-state index is 9.14. The van der Waals surface area contributed by atoms with E-state index in [1.807, 2.05) is 0 Å². The van der Waals surface area contributed by atoms with Gasteiger partial charge < -0.3 is 14.9 Å². The zero-order valence-corrected chi connectivity index (χ0v) is 8.23. The number of hydrogen-bond donors (Lipinski definition) is 2. The first-order valence-corrected chi connectivity index (χ1v) is 4.99. The lowest BCUT2D eigenvalue weighted by Crippen LogP contribution is -2.14. The van der Waals surface area contributed by atoms with Crippen molar-refractivity contribution in [3.8, 4) is 0 Å². The Kier molecular flexibility index (Phi) is 2.79. The van der Waals surface area contributed by atoms with Crippen molar-refractivity contribution in [3.05, 3.63) is 11.7 Å². The van der Waals surface area contributed by atoms with Crippen molar-refractivity contribution in [2.24, 2.45) is 0 Å². The van der Waals surface area contributed by atoms with E-state index in [4.69, 9.17) is 9.63 Å². The smallest absolute Gasteiger partial charge is 0.229 e. The summed E-state index contributed by atoms with van der Waals surface area (Å²) in [6, 6.07) is 0.237. The van der Waals surface area contributed by atoms with Gasteiger partial charge in [-0.3, -0.25) is 0 Å². The van der Waals surface area contributed by atoms with E-state index in [2.05, 4.69) is 15.5 Å². The Hall–Kier alpha value is -0.940. The molecule has 0 amide bonds. The molecule has 78 valence electrons. The summed E-state index contributed by atoms with van der Waals surface area (Å²) in [5.74, 6) is 1.24. The summed E-state index contributed by atoms with van der Waals surface area (Å²) in [6.45, 7) is 2.72. The van der Waals surface area contributed by atoms with Crippen molar-refractivity contribution >= 4 is 0 Å². The Balaban J connectivity index is 2.01. The second-order valence-electron chi connectivity index (χ2n) is 3.75. The average molecular weight is 197 g/mol. The van der Waals surface area contributed by atoms with Crippen LogP contribution in [0.5, 0.6) is 0 Å². The fourth-order valence-electron chi connectivity index (χ4n) is 1.65. The van der Waals surface area contributed by atoms with E-state index in [0.29, 0.717) is 12.3 Å². The van der Waals surface area contributed by atoms with Crippen LogP contribution in [-0.2, 0) is 6.42 Å². The molecule has 0 bridgehead atoms. The molecule has 1 fully saturated rings. The molecule has 2 unspecified atom stereocenters. The van der Waals surface area contributed by atoms with E-state index in [0.717, 1.165) is 25.2 Å². The van der Waals surface area contributed by atoms with Gasteiger partial charge in [-0.15, -0.1) is 0 Å². The highest BCUT2D eigenvalue weighted by Gasteiger charge is 2.21. The first-order valence-electron chi connectivity index (χ1n) is 4.99. The molecule has 5 heteroatoms. The third-order valence-corrected chi connectivity index (χ3v) is 2.33. The van der Waals surface area contributed by atoms with Crippen LogP contribution in [0.15, 0.2) is 4.52 Å². The van der Waals surface area contributed by atoms with Crippen LogP contribution in [0, 0.1) is 0 Å². The molecule has 1 aliphatic heterocycles. The average Bonchev–Trinajstić information content (AvgIpc) is 2.69. The predicted molar refractivity (Wildman–Crippen MR) is 49.7 cm³/mol. The third-order valence-electron chi connectivity index (χ3n) is 2.33. The number of aliphatic hydroxyl groups excluding tert-OH is 1. The molecule has 0 spiro atoms. The maximum atomic E-state index is 9.14. The second-order valence-corrected chi connectivity index (χ2v) is 3.75. The van der Waals surface area contributed by atoms with Crippen molar-refractivity contribution < 1.29 is 9.63 Å². The quantitative estimate of drug-likeness (QED) is 0.734. The summed E-state index contributed by atoms with van der Waals surface area (Å²) in [4.78, 5) is 4.23. The van der Waals surface area contributed by atoms with Crippen LogP contribution in [0.4, 0.5) is 0 Å². The van der Waals surface area contributed by atoms with Gasteiger partial charge in [0.05, 0.1) is 18.6 Å². The summed E-state index contributed by atoms with van der Waals surface area (Å²) >= 11 is 0. The monoisotopic (exact) mass is 197 g/mol. The molecule has 2 heterocycles. The Labute approximate surface area is 82.5 Å². The predicted octanol–water partition coefficient (Wildman–Crippen LogP) is 0.417. The molecule has 1 aliphatic rings. The third kappa shape index (κ3) is 2.10.